The number of nitrogens with zero attached hydrogens (tertiary/aromatic N) is 3. The topological polar surface area (TPSA) is 117 Å². The average Bonchev–Trinajstić information content (AvgIpc) is 3.12. The zero-order valence-electron chi connectivity index (χ0n) is 21.9. The van der Waals surface area contributed by atoms with E-state index in [1.807, 2.05) is 19.0 Å². The highest BCUT2D eigenvalue weighted by Gasteiger charge is 2.46. The van der Waals surface area contributed by atoms with Crippen LogP contribution in [0.25, 0.3) is 5.76 Å². The first kappa shape index (κ1) is 28.2. The third kappa shape index (κ3) is 5.63. The number of sulfonamides is 1. The number of rotatable bonds is 10. The number of amides is 1. The normalized spacial score (nSPS) is 17.6. The Morgan fingerprint density at radius 3 is 2.14 bits per heavy atom. The zero-order chi connectivity index (χ0) is 27.5. The molecule has 0 radical (unpaired) electrons. The van der Waals surface area contributed by atoms with Crippen molar-refractivity contribution >= 4 is 27.5 Å². The van der Waals surface area contributed by atoms with Gasteiger partial charge in [-0.05, 0) is 69.0 Å². The predicted octanol–water partition coefficient (Wildman–Crippen LogP) is 2.33. The monoisotopic (exact) mass is 531 g/mol. The van der Waals surface area contributed by atoms with E-state index in [9.17, 15) is 23.1 Å². The molecule has 10 nitrogen and oxygen atoms in total. The Morgan fingerprint density at radius 1 is 0.973 bits per heavy atom. The molecule has 0 bridgehead atoms. The molecule has 1 heterocycles. The van der Waals surface area contributed by atoms with E-state index in [1.165, 1.54) is 57.5 Å². The molecule has 1 aliphatic rings. The fraction of sp³-hybridized carbons (Fsp3) is 0.385. The first-order valence-electron chi connectivity index (χ1n) is 11.6. The van der Waals surface area contributed by atoms with E-state index in [0.717, 1.165) is 4.31 Å². The molecule has 1 saturated heterocycles. The molecular weight excluding hydrogens is 498 g/mol. The summed E-state index contributed by atoms with van der Waals surface area (Å²) in [6.45, 7) is 0.988. The lowest BCUT2D eigenvalue weighted by molar-refractivity contribution is -0.139. The van der Waals surface area contributed by atoms with Crippen molar-refractivity contribution < 1.29 is 32.6 Å². The van der Waals surface area contributed by atoms with Crippen LogP contribution in [0.5, 0.6) is 11.5 Å². The molecule has 1 aliphatic heterocycles. The average molecular weight is 532 g/mol. The number of benzene rings is 2. The van der Waals surface area contributed by atoms with Crippen LogP contribution in [0.15, 0.2) is 52.9 Å². The smallest absolute Gasteiger partial charge is 0.295 e. The molecular formula is C26H33N3O7S. The molecule has 2 aromatic rings. The Labute approximate surface area is 217 Å². The number of hydrogen-bond donors (Lipinski definition) is 1. The van der Waals surface area contributed by atoms with Gasteiger partial charge in [0.15, 0.2) is 11.5 Å². The van der Waals surface area contributed by atoms with E-state index < -0.39 is 27.8 Å². The Bertz CT molecular complexity index is 1300. The molecule has 2 aromatic carbocycles. The molecule has 1 atom stereocenters. The molecule has 0 spiro atoms. The Balaban J connectivity index is 2.14. The summed E-state index contributed by atoms with van der Waals surface area (Å²) in [5, 5.41) is 11.3. The van der Waals surface area contributed by atoms with E-state index >= 15 is 0 Å². The minimum atomic E-state index is -3.68. The quantitative estimate of drug-likeness (QED) is 0.282. The third-order valence-corrected chi connectivity index (χ3v) is 8.00. The van der Waals surface area contributed by atoms with E-state index in [0.29, 0.717) is 36.6 Å². The van der Waals surface area contributed by atoms with E-state index in [4.69, 9.17) is 9.47 Å². The van der Waals surface area contributed by atoms with Crippen molar-refractivity contribution in [1.82, 2.24) is 14.1 Å². The van der Waals surface area contributed by atoms with Gasteiger partial charge in [0.1, 0.15) is 5.76 Å². The molecule has 0 saturated carbocycles. The lowest BCUT2D eigenvalue weighted by atomic mass is 9.95. The second-order valence-corrected chi connectivity index (χ2v) is 11.2. The number of aliphatic hydroxyl groups excluding tert-OH is 1. The molecule has 0 aromatic heterocycles. The number of methoxy groups -OCH3 is 2. The first-order chi connectivity index (χ1) is 17.4. The number of hydrogen-bond acceptors (Lipinski definition) is 8. The highest BCUT2D eigenvalue weighted by Crippen LogP contribution is 2.42. The number of carbonyl (C=O) groups is 2. The van der Waals surface area contributed by atoms with Gasteiger partial charge in [-0.3, -0.25) is 9.59 Å². The molecule has 37 heavy (non-hydrogen) atoms. The predicted molar refractivity (Wildman–Crippen MR) is 139 cm³/mol. The van der Waals surface area contributed by atoms with Crippen LogP contribution < -0.4 is 9.47 Å². The van der Waals surface area contributed by atoms with Crippen molar-refractivity contribution in [1.29, 1.82) is 0 Å². The summed E-state index contributed by atoms with van der Waals surface area (Å²) < 4.78 is 36.7. The summed E-state index contributed by atoms with van der Waals surface area (Å²) in [6, 6.07) is 9.73. The van der Waals surface area contributed by atoms with Crippen molar-refractivity contribution in [3.63, 3.8) is 0 Å². The Hall–Kier alpha value is -3.41. The van der Waals surface area contributed by atoms with Gasteiger partial charge in [0.05, 0.1) is 30.7 Å². The van der Waals surface area contributed by atoms with E-state index in [1.54, 1.807) is 18.2 Å². The van der Waals surface area contributed by atoms with Crippen LogP contribution in [0.2, 0.25) is 0 Å². The van der Waals surface area contributed by atoms with Gasteiger partial charge in [-0.1, -0.05) is 6.07 Å². The molecule has 3 rings (SSSR count). The molecule has 0 aliphatic carbocycles. The number of carbonyl (C=O) groups excluding carboxylic acids is 2. The summed E-state index contributed by atoms with van der Waals surface area (Å²) in [5.41, 5.74) is 0.704. The third-order valence-electron chi connectivity index (χ3n) is 6.17. The second-order valence-electron chi connectivity index (χ2n) is 9.08. The first-order valence-corrected chi connectivity index (χ1v) is 13.1. The van der Waals surface area contributed by atoms with Gasteiger partial charge < -0.3 is 24.4 Å². The molecule has 11 heteroatoms. The second kappa shape index (κ2) is 11.3. The number of likely N-dealkylation sites (tertiary alicyclic amines) is 1. The van der Waals surface area contributed by atoms with Crippen LogP contribution in [0.3, 0.4) is 0 Å². The van der Waals surface area contributed by atoms with Gasteiger partial charge in [0.25, 0.3) is 11.7 Å². The Kier molecular flexibility index (Phi) is 8.62. The highest BCUT2D eigenvalue weighted by molar-refractivity contribution is 7.89. The fourth-order valence-corrected chi connectivity index (χ4v) is 5.09. The summed E-state index contributed by atoms with van der Waals surface area (Å²) in [5.74, 6) is -1.02. The fourth-order valence-electron chi connectivity index (χ4n) is 4.19. The van der Waals surface area contributed by atoms with Crippen molar-refractivity contribution in [2.75, 3.05) is 55.5 Å². The number of ether oxygens (including phenoxy) is 2. The lowest BCUT2D eigenvalue weighted by Gasteiger charge is -2.26. The van der Waals surface area contributed by atoms with Gasteiger partial charge in [0.2, 0.25) is 10.0 Å². The SMILES string of the molecule is COc1ccc([C@H]2C(=C(O)c3ccc(S(=O)(=O)N(C)C)cc3)C(=O)C(=O)N2CCCN(C)C)cc1OC. The largest absolute Gasteiger partial charge is 0.507 e. The lowest BCUT2D eigenvalue weighted by Crippen LogP contribution is -2.32. The molecule has 1 fully saturated rings. The summed E-state index contributed by atoms with van der Waals surface area (Å²) >= 11 is 0. The summed E-state index contributed by atoms with van der Waals surface area (Å²) in [6.07, 6.45) is 0.612. The minimum absolute atomic E-state index is 0.0367. The van der Waals surface area contributed by atoms with Crippen LogP contribution in [0.4, 0.5) is 0 Å². The molecule has 200 valence electrons. The summed E-state index contributed by atoms with van der Waals surface area (Å²) in [4.78, 5) is 29.8. The highest BCUT2D eigenvalue weighted by atomic mass is 32.2. The van der Waals surface area contributed by atoms with Crippen LogP contribution in [-0.2, 0) is 19.6 Å². The van der Waals surface area contributed by atoms with Crippen molar-refractivity contribution in [2.45, 2.75) is 17.4 Å². The minimum Gasteiger partial charge on any atom is -0.507 e. The van der Waals surface area contributed by atoms with E-state index in [2.05, 4.69) is 0 Å². The van der Waals surface area contributed by atoms with Crippen molar-refractivity contribution in [3.8, 4) is 11.5 Å². The number of Topliss-reactive ketones (excluding diaryl/α,β-unsaturated/α-hetero) is 1. The number of aliphatic hydroxyl groups is 1. The van der Waals surface area contributed by atoms with Crippen molar-refractivity contribution in [2.24, 2.45) is 0 Å². The van der Waals surface area contributed by atoms with E-state index in [-0.39, 0.29) is 21.8 Å². The van der Waals surface area contributed by atoms with Gasteiger partial charge >= 0.3 is 0 Å². The standard InChI is InChI=1S/C26H33N3O7S/c1-27(2)14-7-15-29-23(18-10-13-20(35-5)21(16-18)36-6)22(25(31)26(29)32)24(30)17-8-11-19(12-9-17)37(33,34)28(3)4/h8-13,16,23,30H,7,14-15H2,1-6H3/t23-/m0/s1. The van der Waals surface area contributed by atoms with Gasteiger partial charge in [-0.15, -0.1) is 0 Å². The maximum absolute atomic E-state index is 13.2. The van der Waals surface area contributed by atoms with Crippen LogP contribution in [0.1, 0.15) is 23.6 Å². The maximum Gasteiger partial charge on any atom is 0.295 e. The Morgan fingerprint density at radius 2 is 1.59 bits per heavy atom. The zero-order valence-corrected chi connectivity index (χ0v) is 22.7. The van der Waals surface area contributed by atoms with Gasteiger partial charge in [-0.25, -0.2) is 12.7 Å². The van der Waals surface area contributed by atoms with Gasteiger partial charge in [-0.2, -0.15) is 0 Å². The van der Waals surface area contributed by atoms with Gasteiger partial charge in [0, 0.05) is 26.2 Å². The maximum atomic E-state index is 13.2. The van der Waals surface area contributed by atoms with Crippen LogP contribution in [-0.4, -0.2) is 94.8 Å². The van der Waals surface area contributed by atoms with Crippen molar-refractivity contribution in [3.05, 3.63) is 59.2 Å². The molecule has 0 unspecified atom stereocenters. The molecule has 1 N–H and O–H groups in total. The van der Waals surface area contributed by atoms with Crippen LogP contribution >= 0.6 is 0 Å². The van der Waals surface area contributed by atoms with Crippen LogP contribution in [0, 0.1) is 0 Å². The number of ketones is 1. The summed E-state index contributed by atoms with van der Waals surface area (Å²) in [7, 11) is 5.99. The molecule has 1 amide bonds.